The van der Waals surface area contributed by atoms with Gasteiger partial charge in [0, 0.05) is 17.5 Å². The van der Waals surface area contributed by atoms with Crippen molar-refractivity contribution in [3.63, 3.8) is 0 Å². The molecule has 0 bridgehead atoms. The first kappa shape index (κ1) is 12.9. The van der Waals surface area contributed by atoms with E-state index in [1.165, 1.54) is 12.1 Å². The molecule has 0 aliphatic carbocycles. The fraction of sp³-hybridized carbons (Fsp3) is 0.231. The zero-order valence-electron chi connectivity index (χ0n) is 10.3. The minimum absolute atomic E-state index is 0.136. The molecule has 4 nitrogen and oxygen atoms in total. The second-order valence-electron chi connectivity index (χ2n) is 4.34. The highest BCUT2D eigenvalue weighted by Gasteiger charge is 2.08. The molecule has 95 valence electrons. The molecule has 0 aliphatic rings. The number of aromatic amines is 1. The van der Waals surface area contributed by atoms with Crippen LogP contribution in [0.25, 0.3) is 0 Å². The van der Waals surface area contributed by atoms with Gasteiger partial charge in [-0.15, -0.1) is 0 Å². The molecular weight excluding hydrogens is 248 g/mol. The molecule has 18 heavy (non-hydrogen) atoms. The molecule has 3 N–H and O–H groups in total. The minimum atomic E-state index is -3.61. The van der Waals surface area contributed by atoms with Gasteiger partial charge in [-0.05, 0) is 43.5 Å². The van der Waals surface area contributed by atoms with Crippen molar-refractivity contribution < 1.29 is 8.42 Å². The predicted molar refractivity (Wildman–Crippen MR) is 69.7 cm³/mol. The SMILES string of the molecule is Cc1[c]c(Cc2ccc(S(N)(=O)=O)cc2)c(C)[nH]1. The van der Waals surface area contributed by atoms with Gasteiger partial charge in [0.15, 0.2) is 0 Å². The predicted octanol–water partition coefficient (Wildman–Crippen LogP) is 1.67. The van der Waals surface area contributed by atoms with Crippen LogP contribution in [0.2, 0.25) is 0 Å². The van der Waals surface area contributed by atoms with Crippen LogP contribution in [0, 0.1) is 19.9 Å². The lowest BCUT2D eigenvalue weighted by atomic mass is 10.1. The number of hydrogen-bond acceptors (Lipinski definition) is 2. The maximum absolute atomic E-state index is 11.1. The quantitative estimate of drug-likeness (QED) is 0.883. The molecule has 0 unspecified atom stereocenters. The van der Waals surface area contributed by atoms with E-state index in [0.717, 1.165) is 28.9 Å². The van der Waals surface area contributed by atoms with Crippen molar-refractivity contribution in [1.82, 2.24) is 4.98 Å². The highest BCUT2D eigenvalue weighted by molar-refractivity contribution is 7.89. The summed E-state index contributed by atoms with van der Waals surface area (Å²) in [6.45, 7) is 3.96. The van der Waals surface area contributed by atoms with Gasteiger partial charge in [0.05, 0.1) is 4.90 Å². The molecule has 0 aliphatic heterocycles. The lowest BCUT2D eigenvalue weighted by Crippen LogP contribution is -2.11. The van der Waals surface area contributed by atoms with Crippen molar-refractivity contribution in [2.75, 3.05) is 0 Å². The topological polar surface area (TPSA) is 76.0 Å². The minimum Gasteiger partial charge on any atom is -0.362 e. The van der Waals surface area contributed by atoms with Crippen LogP contribution in [0.15, 0.2) is 29.2 Å². The number of rotatable bonds is 3. The number of nitrogens with one attached hydrogen (secondary N) is 1. The Labute approximate surface area is 107 Å². The first-order chi connectivity index (χ1) is 8.36. The lowest BCUT2D eigenvalue weighted by Gasteiger charge is -2.02. The van der Waals surface area contributed by atoms with Crippen LogP contribution in [-0.4, -0.2) is 13.4 Å². The molecule has 0 amide bonds. The van der Waals surface area contributed by atoms with E-state index < -0.39 is 10.0 Å². The fourth-order valence-electron chi connectivity index (χ4n) is 1.89. The maximum Gasteiger partial charge on any atom is 0.238 e. The number of hydrogen-bond donors (Lipinski definition) is 2. The smallest absolute Gasteiger partial charge is 0.238 e. The summed E-state index contributed by atoms with van der Waals surface area (Å²) in [4.78, 5) is 3.33. The van der Waals surface area contributed by atoms with Crippen LogP contribution in [0.3, 0.4) is 0 Å². The third-order valence-corrected chi connectivity index (χ3v) is 3.73. The number of aryl methyl sites for hydroxylation is 2. The van der Waals surface area contributed by atoms with Crippen LogP contribution >= 0.6 is 0 Å². The summed E-state index contributed by atoms with van der Waals surface area (Å²) in [7, 11) is -3.61. The van der Waals surface area contributed by atoms with Crippen LogP contribution in [0.4, 0.5) is 0 Å². The Morgan fingerprint density at radius 1 is 1.22 bits per heavy atom. The number of aromatic nitrogens is 1. The molecule has 1 radical (unpaired) electrons. The van der Waals surface area contributed by atoms with Crippen molar-refractivity contribution in [2.24, 2.45) is 5.14 Å². The van der Waals surface area contributed by atoms with Crippen molar-refractivity contribution in [2.45, 2.75) is 25.2 Å². The van der Waals surface area contributed by atoms with Crippen LogP contribution < -0.4 is 5.14 Å². The summed E-state index contributed by atoms with van der Waals surface area (Å²) >= 11 is 0. The number of H-pyrrole nitrogens is 1. The zero-order valence-corrected chi connectivity index (χ0v) is 11.1. The molecular formula is C13H15N2O2S. The van der Waals surface area contributed by atoms with Gasteiger partial charge in [-0.25, -0.2) is 13.6 Å². The van der Waals surface area contributed by atoms with Gasteiger partial charge in [0.1, 0.15) is 0 Å². The van der Waals surface area contributed by atoms with E-state index in [1.807, 2.05) is 13.8 Å². The molecule has 0 saturated heterocycles. The van der Waals surface area contributed by atoms with Gasteiger partial charge in [0.2, 0.25) is 10.0 Å². The Hall–Kier alpha value is -1.59. The third kappa shape index (κ3) is 2.80. The molecule has 0 saturated carbocycles. The van der Waals surface area contributed by atoms with Crippen molar-refractivity contribution in [3.05, 3.63) is 52.8 Å². The largest absolute Gasteiger partial charge is 0.362 e. The van der Waals surface area contributed by atoms with Crippen LogP contribution in [0.1, 0.15) is 22.5 Å². The van der Waals surface area contributed by atoms with E-state index in [4.69, 9.17) is 5.14 Å². The molecule has 0 fully saturated rings. The van der Waals surface area contributed by atoms with Gasteiger partial charge in [-0.1, -0.05) is 12.1 Å². The summed E-state index contributed by atoms with van der Waals surface area (Å²) in [5, 5.41) is 5.05. The van der Waals surface area contributed by atoms with Crippen molar-refractivity contribution in [1.29, 1.82) is 0 Å². The normalized spacial score (nSPS) is 11.7. The Morgan fingerprint density at radius 2 is 1.83 bits per heavy atom. The molecule has 0 spiro atoms. The van der Waals surface area contributed by atoms with Crippen molar-refractivity contribution >= 4 is 10.0 Å². The van der Waals surface area contributed by atoms with E-state index in [-0.39, 0.29) is 4.90 Å². The highest BCUT2D eigenvalue weighted by atomic mass is 32.2. The van der Waals surface area contributed by atoms with Gasteiger partial charge >= 0.3 is 0 Å². The fourth-order valence-corrected chi connectivity index (χ4v) is 2.40. The molecule has 1 aromatic carbocycles. The number of primary sulfonamides is 1. The Kier molecular flexibility index (Phi) is 3.28. The first-order valence-corrected chi connectivity index (χ1v) is 7.10. The summed E-state index contributed by atoms with van der Waals surface area (Å²) in [5.41, 5.74) is 4.21. The van der Waals surface area contributed by atoms with Gasteiger partial charge < -0.3 is 4.98 Å². The summed E-state index contributed by atoms with van der Waals surface area (Å²) in [6.07, 6.45) is 0.723. The van der Waals surface area contributed by atoms with Crippen LogP contribution in [-0.2, 0) is 16.4 Å². The number of benzene rings is 1. The second-order valence-corrected chi connectivity index (χ2v) is 5.91. The van der Waals surface area contributed by atoms with Gasteiger partial charge in [-0.2, -0.15) is 0 Å². The Morgan fingerprint density at radius 3 is 2.28 bits per heavy atom. The maximum atomic E-state index is 11.1. The molecule has 0 atom stereocenters. The Bertz CT molecular complexity index is 655. The van der Waals surface area contributed by atoms with E-state index in [0.29, 0.717) is 0 Å². The monoisotopic (exact) mass is 263 g/mol. The molecule has 2 rings (SSSR count). The van der Waals surface area contributed by atoms with Gasteiger partial charge in [-0.3, -0.25) is 0 Å². The number of nitrogens with two attached hydrogens (primary N) is 1. The average molecular weight is 263 g/mol. The summed E-state index contributed by atoms with van der Waals surface area (Å²) in [6, 6.07) is 9.84. The standard InChI is InChI=1S/C13H15N2O2S/c1-9-7-12(10(2)15-9)8-11-3-5-13(6-4-11)18(14,16)17/h3-6,15H,8H2,1-2H3,(H2,14,16,17). The average Bonchev–Trinajstić information content (AvgIpc) is 2.57. The number of sulfonamides is 1. The van der Waals surface area contributed by atoms with E-state index in [9.17, 15) is 8.42 Å². The molecule has 1 heterocycles. The van der Waals surface area contributed by atoms with Crippen molar-refractivity contribution in [3.8, 4) is 0 Å². The molecule has 5 heteroatoms. The van der Waals surface area contributed by atoms with E-state index >= 15 is 0 Å². The summed E-state index contributed by atoms with van der Waals surface area (Å²) in [5.74, 6) is 0. The van der Waals surface area contributed by atoms with Gasteiger partial charge in [0.25, 0.3) is 0 Å². The second kappa shape index (κ2) is 4.59. The molecule has 2 aromatic rings. The Balaban J connectivity index is 2.24. The first-order valence-electron chi connectivity index (χ1n) is 5.55. The molecule has 1 aromatic heterocycles. The van der Waals surface area contributed by atoms with E-state index in [2.05, 4.69) is 11.1 Å². The van der Waals surface area contributed by atoms with E-state index in [1.54, 1.807) is 12.1 Å². The third-order valence-electron chi connectivity index (χ3n) is 2.80. The lowest BCUT2D eigenvalue weighted by molar-refractivity contribution is 0.598. The van der Waals surface area contributed by atoms with Crippen LogP contribution in [0.5, 0.6) is 0 Å². The highest BCUT2D eigenvalue weighted by Crippen LogP contribution is 2.16. The summed E-state index contributed by atoms with van der Waals surface area (Å²) < 4.78 is 22.3. The zero-order chi connectivity index (χ0) is 13.3.